The zero-order chi connectivity index (χ0) is 8.32. The molecule has 0 aliphatic heterocycles. The van der Waals surface area contributed by atoms with Gasteiger partial charge in [-0.05, 0) is 24.6 Å². The number of hydrogen-bond donors (Lipinski definition) is 1. The van der Waals surface area contributed by atoms with Crippen LogP contribution in [0.25, 0.3) is 0 Å². The van der Waals surface area contributed by atoms with Crippen LogP contribution in [0, 0.1) is 0 Å². The van der Waals surface area contributed by atoms with Crippen LogP contribution in [-0.4, -0.2) is 4.98 Å². The maximum atomic E-state index is 5.89. The molecule has 0 fully saturated rings. The van der Waals surface area contributed by atoms with E-state index in [1.165, 1.54) is 0 Å². The van der Waals surface area contributed by atoms with Gasteiger partial charge in [0, 0.05) is 12.4 Å². The largest absolute Gasteiger partial charge is 0.318 e. The highest BCUT2D eigenvalue weighted by Crippen LogP contribution is 2.16. The Morgan fingerprint density at radius 1 is 1.55 bits per heavy atom. The number of pyridine rings is 1. The zero-order valence-electron chi connectivity index (χ0n) is 6.62. The van der Waals surface area contributed by atoms with E-state index in [1.54, 1.807) is 18.5 Å². The van der Waals surface area contributed by atoms with Crippen molar-refractivity contribution in [2.75, 3.05) is 0 Å². The van der Waals surface area contributed by atoms with Crippen molar-refractivity contribution >= 4 is 0 Å². The Morgan fingerprint density at radius 3 is 2.55 bits per heavy atom. The lowest BCUT2D eigenvalue weighted by Gasteiger charge is -2.19. The van der Waals surface area contributed by atoms with E-state index < -0.39 is 5.54 Å². The van der Waals surface area contributed by atoms with Crippen LogP contribution in [0.3, 0.4) is 0 Å². The third-order valence-corrected chi connectivity index (χ3v) is 1.73. The van der Waals surface area contributed by atoms with Crippen molar-refractivity contribution in [3.8, 4) is 0 Å². The van der Waals surface area contributed by atoms with Gasteiger partial charge >= 0.3 is 0 Å². The van der Waals surface area contributed by atoms with E-state index in [0.29, 0.717) is 0 Å². The van der Waals surface area contributed by atoms with Crippen LogP contribution < -0.4 is 5.73 Å². The summed E-state index contributed by atoms with van der Waals surface area (Å²) in [5, 5.41) is 0. The molecule has 58 valence electrons. The quantitative estimate of drug-likeness (QED) is 0.644. The van der Waals surface area contributed by atoms with Crippen molar-refractivity contribution in [2.45, 2.75) is 12.5 Å². The van der Waals surface area contributed by atoms with Crippen LogP contribution in [0.1, 0.15) is 12.5 Å². The number of nitrogens with zero attached hydrogens (tertiary/aromatic N) is 1. The van der Waals surface area contributed by atoms with Gasteiger partial charge in [0.1, 0.15) is 0 Å². The van der Waals surface area contributed by atoms with Crippen LogP contribution in [-0.2, 0) is 5.54 Å². The van der Waals surface area contributed by atoms with Gasteiger partial charge in [-0.25, -0.2) is 0 Å². The molecule has 0 saturated carbocycles. The summed E-state index contributed by atoms with van der Waals surface area (Å²) in [4.78, 5) is 3.90. The highest BCUT2D eigenvalue weighted by atomic mass is 14.7. The molecule has 11 heavy (non-hydrogen) atoms. The fourth-order valence-electron chi connectivity index (χ4n) is 0.829. The topological polar surface area (TPSA) is 38.9 Å². The summed E-state index contributed by atoms with van der Waals surface area (Å²) < 4.78 is 0. The summed E-state index contributed by atoms with van der Waals surface area (Å²) in [7, 11) is 0. The highest BCUT2D eigenvalue weighted by molar-refractivity contribution is 5.24. The molecule has 2 heteroatoms. The van der Waals surface area contributed by atoms with Crippen molar-refractivity contribution in [1.82, 2.24) is 4.98 Å². The van der Waals surface area contributed by atoms with Gasteiger partial charge in [0.25, 0.3) is 0 Å². The zero-order valence-corrected chi connectivity index (χ0v) is 6.62. The van der Waals surface area contributed by atoms with Crippen molar-refractivity contribution in [3.63, 3.8) is 0 Å². The normalized spacial score (nSPS) is 15.5. The van der Waals surface area contributed by atoms with Gasteiger partial charge in [0.15, 0.2) is 0 Å². The van der Waals surface area contributed by atoms with Crippen molar-refractivity contribution < 1.29 is 0 Å². The second-order valence-electron chi connectivity index (χ2n) is 2.72. The Morgan fingerprint density at radius 2 is 2.09 bits per heavy atom. The Hall–Kier alpha value is -1.15. The molecule has 0 aromatic carbocycles. The first kappa shape index (κ1) is 7.95. The Balaban J connectivity index is 3.02. The highest BCUT2D eigenvalue weighted by Gasteiger charge is 2.14. The lowest BCUT2D eigenvalue weighted by atomic mass is 9.95. The SMILES string of the molecule is C=C[C@](C)(N)c1ccncc1. The smallest absolute Gasteiger partial charge is 0.0565 e. The molecule has 0 spiro atoms. The van der Waals surface area contributed by atoms with E-state index in [2.05, 4.69) is 11.6 Å². The van der Waals surface area contributed by atoms with E-state index in [9.17, 15) is 0 Å². The van der Waals surface area contributed by atoms with Gasteiger partial charge in [0.2, 0.25) is 0 Å². The Labute approximate surface area is 66.8 Å². The summed E-state index contributed by atoms with van der Waals surface area (Å²) in [6, 6.07) is 3.78. The second kappa shape index (κ2) is 2.84. The van der Waals surface area contributed by atoms with Gasteiger partial charge in [-0.15, -0.1) is 6.58 Å². The third kappa shape index (κ3) is 1.65. The van der Waals surface area contributed by atoms with Gasteiger partial charge < -0.3 is 5.73 Å². The molecule has 0 aliphatic rings. The van der Waals surface area contributed by atoms with Gasteiger partial charge in [-0.1, -0.05) is 6.08 Å². The van der Waals surface area contributed by atoms with E-state index >= 15 is 0 Å². The predicted octanol–water partition coefficient (Wildman–Crippen LogP) is 1.44. The van der Waals surface area contributed by atoms with E-state index in [0.717, 1.165) is 5.56 Å². The molecule has 0 bridgehead atoms. The summed E-state index contributed by atoms with van der Waals surface area (Å²) in [5.74, 6) is 0. The van der Waals surface area contributed by atoms with Crippen LogP contribution >= 0.6 is 0 Å². The molecule has 2 nitrogen and oxygen atoms in total. The van der Waals surface area contributed by atoms with Crippen LogP contribution in [0.15, 0.2) is 37.2 Å². The van der Waals surface area contributed by atoms with E-state index in [4.69, 9.17) is 5.73 Å². The van der Waals surface area contributed by atoms with Gasteiger partial charge in [-0.3, -0.25) is 4.98 Å². The molecular formula is C9H12N2. The van der Waals surface area contributed by atoms with Crippen LogP contribution in [0.4, 0.5) is 0 Å². The molecule has 0 unspecified atom stereocenters. The maximum Gasteiger partial charge on any atom is 0.0565 e. The summed E-state index contributed by atoms with van der Waals surface area (Å²) in [5.41, 5.74) is 6.48. The average Bonchev–Trinajstić information content (AvgIpc) is 2.06. The minimum Gasteiger partial charge on any atom is -0.318 e. The fourth-order valence-corrected chi connectivity index (χ4v) is 0.829. The molecule has 1 rings (SSSR count). The standard InChI is InChI=1S/C9H12N2/c1-3-9(2,10)8-4-6-11-7-5-8/h3-7H,1,10H2,2H3/t9-/m0/s1. The first-order chi connectivity index (χ1) is 5.17. The van der Waals surface area contributed by atoms with Gasteiger partial charge in [-0.2, -0.15) is 0 Å². The monoisotopic (exact) mass is 148 g/mol. The molecular weight excluding hydrogens is 136 g/mol. The fraction of sp³-hybridized carbons (Fsp3) is 0.222. The van der Waals surface area contributed by atoms with E-state index in [-0.39, 0.29) is 0 Å². The minimum absolute atomic E-state index is 0.442. The molecule has 1 atom stereocenters. The molecule has 2 N–H and O–H groups in total. The van der Waals surface area contributed by atoms with Crippen LogP contribution in [0.2, 0.25) is 0 Å². The van der Waals surface area contributed by atoms with E-state index in [1.807, 2.05) is 19.1 Å². The summed E-state index contributed by atoms with van der Waals surface area (Å²) in [6.45, 7) is 5.58. The summed E-state index contributed by atoms with van der Waals surface area (Å²) >= 11 is 0. The lowest BCUT2D eigenvalue weighted by Crippen LogP contribution is -2.29. The molecule has 1 aromatic heterocycles. The number of nitrogens with two attached hydrogens (primary N) is 1. The minimum atomic E-state index is -0.442. The molecule has 1 heterocycles. The molecule has 1 aromatic rings. The average molecular weight is 148 g/mol. The first-order valence-electron chi connectivity index (χ1n) is 3.50. The Kier molecular flexibility index (Phi) is 2.06. The van der Waals surface area contributed by atoms with Crippen LogP contribution in [0.5, 0.6) is 0 Å². The first-order valence-corrected chi connectivity index (χ1v) is 3.50. The van der Waals surface area contributed by atoms with Crippen molar-refractivity contribution in [3.05, 3.63) is 42.7 Å². The number of rotatable bonds is 2. The molecule has 0 amide bonds. The molecule has 0 saturated heterocycles. The maximum absolute atomic E-state index is 5.89. The van der Waals surface area contributed by atoms with Crippen molar-refractivity contribution in [1.29, 1.82) is 0 Å². The third-order valence-electron chi connectivity index (χ3n) is 1.73. The lowest BCUT2D eigenvalue weighted by molar-refractivity contribution is 0.630. The summed E-state index contributed by atoms with van der Waals surface area (Å²) in [6.07, 6.45) is 5.18. The molecule has 0 radical (unpaired) electrons. The van der Waals surface area contributed by atoms with Gasteiger partial charge in [0.05, 0.1) is 5.54 Å². The second-order valence-corrected chi connectivity index (χ2v) is 2.72. The van der Waals surface area contributed by atoms with Crippen molar-refractivity contribution in [2.24, 2.45) is 5.73 Å². The Bertz CT molecular complexity index is 239. The molecule has 0 aliphatic carbocycles. The number of hydrogen-bond acceptors (Lipinski definition) is 2. The predicted molar refractivity (Wildman–Crippen MR) is 46.0 cm³/mol. The number of aromatic nitrogens is 1.